The number of likely N-dealkylation sites (tertiary alicyclic amines) is 1. The summed E-state index contributed by atoms with van der Waals surface area (Å²) in [6.07, 6.45) is 2.86. The second-order valence-corrected chi connectivity index (χ2v) is 19.7. The van der Waals surface area contributed by atoms with Gasteiger partial charge in [0.1, 0.15) is 17.5 Å². The van der Waals surface area contributed by atoms with Crippen LogP contribution in [0.15, 0.2) is 43.0 Å². The number of rotatable bonds is 15. The van der Waals surface area contributed by atoms with Crippen molar-refractivity contribution in [3.8, 4) is 0 Å². The van der Waals surface area contributed by atoms with E-state index >= 15 is 0 Å². The van der Waals surface area contributed by atoms with Gasteiger partial charge in [-0.05, 0) is 75.5 Å². The number of nitrogens with one attached hydrogen (secondary N) is 1. The molecule has 2 heterocycles. The minimum Gasteiger partial charge on any atom is -0.460 e. The van der Waals surface area contributed by atoms with Gasteiger partial charge in [-0.25, -0.2) is 17.6 Å². The minimum atomic E-state index is -3.93. The standard InChI is InChI=1S/C41H54FN3O10S/c1-8-27-20-41(27,37(50)43-56(52,53)30-14-15-30)21-34(47)33-19-29(54-38(51)44-22-26-10-9-11-32(42)31(26)24-44)23-45(33)36(49)25(18-35(48)55-40(5,6)7)12-13-28(46)16-17-39(2,3)4/h8-11,16-17,25,27,29-30,33H,1,12-15,18-24H2,2-7H3,(H,43,50)/b17-16+/t25-,27-,29?,33+,41-/m1/s1. The molecular weight excluding hydrogens is 746 g/mol. The Kier molecular flexibility index (Phi) is 12.4. The van der Waals surface area contributed by atoms with Gasteiger partial charge in [0.05, 0.1) is 36.2 Å². The number of carbonyl (C=O) groups is 6. The number of halogens is 1. The van der Waals surface area contributed by atoms with E-state index in [-0.39, 0.29) is 56.5 Å². The maximum atomic E-state index is 14.5. The van der Waals surface area contributed by atoms with E-state index in [9.17, 15) is 41.6 Å². The molecule has 4 aliphatic rings. The molecule has 3 amide bonds. The summed E-state index contributed by atoms with van der Waals surface area (Å²) in [5.41, 5.74) is -1.55. The lowest BCUT2D eigenvalue weighted by atomic mass is 9.90. The summed E-state index contributed by atoms with van der Waals surface area (Å²) in [5, 5.41) is -0.670. The first-order valence-electron chi connectivity index (χ1n) is 19.2. The lowest BCUT2D eigenvalue weighted by Crippen LogP contribution is -2.46. The van der Waals surface area contributed by atoms with Gasteiger partial charge in [-0.3, -0.25) is 33.6 Å². The molecular formula is C41H54FN3O10S. The number of fused-ring (bicyclic) bond motifs is 1. The number of amides is 3. The Hall–Kier alpha value is -4.40. The summed E-state index contributed by atoms with van der Waals surface area (Å²) in [6, 6.07) is 3.34. The zero-order valence-electron chi connectivity index (χ0n) is 33.1. The number of nitrogens with zero attached hydrogens (tertiary/aromatic N) is 2. The number of carbonyl (C=O) groups excluding carboxylic acids is 6. The van der Waals surface area contributed by atoms with Crippen LogP contribution in [-0.2, 0) is 56.6 Å². The minimum absolute atomic E-state index is 0.0292. The lowest BCUT2D eigenvalue weighted by molar-refractivity contribution is -0.159. The van der Waals surface area contributed by atoms with E-state index in [1.807, 2.05) is 20.8 Å². The van der Waals surface area contributed by atoms with Crippen LogP contribution in [0.3, 0.4) is 0 Å². The Bertz CT molecular complexity index is 1910. The largest absolute Gasteiger partial charge is 0.460 e. The van der Waals surface area contributed by atoms with Gasteiger partial charge in [-0.1, -0.05) is 45.1 Å². The van der Waals surface area contributed by atoms with Gasteiger partial charge < -0.3 is 14.4 Å². The molecule has 1 saturated heterocycles. The van der Waals surface area contributed by atoms with E-state index in [1.165, 1.54) is 28.0 Å². The van der Waals surface area contributed by atoms with Gasteiger partial charge in [0.2, 0.25) is 21.8 Å². The highest BCUT2D eigenvalue weighted by Gasteiger charge is 2.61. The molecule has 1 aromatic rings. The quantitative estimate of drug-likeness (QED) is 0.139. The molecule has 5 rings (SSSR count). The number of esters is 1. The summed E-state index contributed by atoms with van der Waals surface area (Å²) in [5.74, 6) is -5.00. The highest BCUT2D eigenvalue weighted by atomic mass is 32.2. The summed E-state index contributed by atoms with van der Waals surface area (Å²) in [6.45, 7) is 14.4. The predicted octanol–water partition coefficient (Wildman–Crippen LogP) is 5.31. The molecule has 2 aliphatic heterocycles. The Labute approximate surface area is 328 Å². The van der Waals surface area contributed by atoms with Crippen molar-refractivity contribution in [3.63, 3.8) is 0 Å². The van der Waals surface area contributed by atoms with E-state index in [0.717, 1.165) is 0 Å². The number of ether oxygens (including phenoxy) is 2. The zero-order valence-corrected chi connectivity index (χ0v) is 33.9. The highest BCUT2D eigenvalue weighted by molar-refractivity contribution is 7.90. The number of hydrogen-bond donors (Lipinski definition) is 1. The van der Waals surface area contributed by atoms with Crippen LogP contribution in [0.2, 0.25) is 0 Å². The first-order chi connectivity index (χ1) is 26.0. The molecule has 1 aromatic carbocycles. The van der Waals surface area contributed by atoms with Gasteiger partial charge in [0.15, 0.2) is 11.6 Å². The SMILES string of the molecule is C=C[C@@H]1C[C@]1(CC(=O)[C@@H]1CC(OC(=O)N2Cc3cccc(F)c3C2)CN1C(=O)[C@H](CCC(=O)/C=C/C(C)(C)C)CC(=O)OC(C)(C)C)C(=O)NS(=O)(=O)C1CC1. The van der Waals surface area contributed by atoms with Gasteiger partial charge >= 0.3 is 12.1 Å². The molecule has 1 N–H and O–H groups in total. The lowest BCUT2D eigenvalue weighted by Gasteiger charge is -2.29. The predicted molar refractivity (Wildman–Crippen MR) is 203 cm³/mol. The molecule has 0 aromatic heterocycles. The molecule has 56 heavy (non-hydrogen) atoms. The first kappa shape index (κ1) is 42.7. The summed E-state index contributed by atoms with van der Waals surface area (Å²) in [4.78, 5) is 84.4. The topological polar surface area (TPSA) is 174 Å². The normalized spacial score (nSPS) is 24.0. The smallest absolute Gasteiger partial charge is 0.410 e. The Balaban J connectivity index is 1.39. The summed E-state index contributed by atoms with van der Waals surface area (Å²) < 4.78 is 53.4. The third-order valence-electron chi connectivity index (χ3n) is 10.6. The van der Waals surface area contributed by atoms with Crippen LogP contribution in [0, 0.1) is 28.5 Å². The molecule has 0 bridgehead atoms. The number of Topliss-reactive ketones (excluding diaryl/α,β-unsaturated/α-hetero) is 1. The number of hydrogen-bond acceptors (Lipinski definition) is 10. The van der Waals surface area contributed by atoms with Crippen LogP contribution in [0.25, 0.3) is 0 Å². The van der Waals surface area contributed by atoms with Crippen molar-refractivity contribution in [2.75, 3.05) is 6.54 Å². The van der Waals surface area contributed by atoms with Crippen LogP contribution in [0.4, 0.5) is 9.18 Å². The molecule has 1 unspecified atom stereocenters. The van der Waals surface area contributed by atoms with E-state index in [2.05, 4.69) is 11.3 Å². The summed E-state index contributed by atoms with van der Waals surface area (Å²) >= 11 is 0. The Morgan fingerprint density at radius 3 is 2.36 bits per heavy atom. The zero-order chi connectivity index (χ0) is 41.4. The average Bonchev–Trinajstić information content (AvgIpc) is 3.98. The molecule has 306 valence electrons. The second-order valence-electron chi connectivity index (χ2n) is 17.7. The Morgan fingerprint density at radius 2 is 1.77 bits per heavy atom. The third-order valence-corrected chi connectivity index (χ3v) is 12.4. The molecule has 0 spiro atoms. The second kappa shape index (κ2) is 16.2. The molecule has 2 saturated carbocycles. The molecule has 13 nitrogen and oxygen atoms in total. The van der Waals surface area contributed by atoms with Crippen LogP contribution in [-0.4, -0.2) is 83.2 Å². The van der Waals surface area contributed by atoms with Crippen molar-refractivity contribution in [2.45, 2.75) is 129 Å². The van der Waals surface area contributed by atoms with Crippen molar-refractivity contribution in [1.29, 1.82) is 0 Å². The number of sulfonamides is 1. The fourth-order valence-electron chi connectivity index (χ4n) is 7.34. The van der Waals surface area contributed by atoms with E-state index < -0.39 is 98.6 Å². The first-order valence-corrected chi connectivity index (χ1v) is 20.7. The number of allylic oxidation sites excluding steroid dienone is 3. The van der Waals surface area contributed by atoms with E-state index in [0.29, 0.717) is 24.0 Å². The van der Waals surface area contributed by atoms with E-state index in [4.69, 9.17) is 9.47 Å². The fourth-order valence-corrected chi connectivity index (χ4v) is 8.73. The number of benzene rings is 1. The monoisotopic (exact) mass is 799 g/mol. The van der Waals surface area contributed by atoms with E-state index in [1.54, 1.807) is 39.0 Å². The molecule has 0 radical (unpaired) electrons. The molecule has 2 aliphatic carbocycles. The van der Waals surface area contributed by atoms with Gasteiger partial charge in [-0.15, -0.1) is 6.58 Å². The van der Waals surface area contributed by atoms with Crippen molar-refractivity contribution in [2.24, 2.45) is 22.7 Å². The molecule has 5 atom stereocenters. The van der Waals surface area contributed by atoms with Gasteiger partial charge in [0.25, 0.3) is 0 Å². The highest BCUT2D eigenvalue weighted by Crippen LogP contribution is 2.57. The maximum absolute atomic E-state index is 14.5. The average molecular weight is 800 g/mol. The summed E-state index contributed by atoms with van der Waals surface area (Å²) in [7, 11) is -3.93. The van der Waals surface area contributed by atoms with Crippen LogP contribution in [0.1, 0.15) is 104 Å². The van der Waals surface area contributed by atoms with Crippen molar-refractivity contribution < 1.29 is 51.0 Å². The van der Waals surface area contributed by atoms with Crippen LogP contribution >= 0.6 is 0 Å². The van der Waals surface area contributed by atoms with Crippen LogP contribution < -0.4 is 4.72 Å². The molecule has 15 heteroatoms. The third kappa shape index (κ3) is 10.5. The molecule has 3 fully saturated rings. The number of ketones is 2. The van der Waals surface area contributed by atoms with Gasteiger partial charge in [-0.2, -0.15) is 0 Å². The maximum Gasteiger partial charge on any atom is 0.410 e. The van der Waals surface area contributed by atoms with Crippen LogP contribution in [0.5, 0.6) is 0 Å². The fraction of sp³-hybridized carbons (Fsp3) is 0.610. The Morgan fingerprint density at radius 1 is 1.07 bits per heavy atom. The van der Waals surface area contributed by atoms with Crippen molar-refractivity contribution in [1.82, 2.24) is 14.5 Å². The van der Waals surface area contributed by atoms with Crippen molar-refractivity contribution >= 4 is 45.5 Å². The van der Waals surface area contributed by atoms with Gasteiger partial charge in [0, 0.05) is 37.3 Å². The van der Waals surface area contributed by atoms with Crippen molar-refractivity contribution in [3.05, 3.63) is 60.0 Å².